The number of halogens is 1. The molecule has 2 amide bonds. The van der Waals surface area contributed by atoms with Crippen molar-refractivity contribution in [3.05, 3.63) is 40.7 Å². The van der Waals surface area contributed by atoms with Crippen molar-refractivity contribution in [2.45, 2.75) is 13.8 Å². The van der Waals surface area contributed by atoms with Crippen LogP contribution in [0.25, 0.3) is 0 Å². The van der Waals surface area contributed by atoms with Gasteiger partial charge in [-0.25, -0.2) is 14.8 Å². The summed E-state index contributed by atoms with van der Waals surface area (Å²) in [6.07, 6.45) is 0. The summed E-state index contributed by atoms with van der Waals surface area (Å²) in [4.78, 5) is 22.6. The number of rotatable bonds is 3. The van der Waals surface area contributed by atoms with Crippen molar-refractivity contribution in [2.75, 3.05) is 29.6 Å². The van der Waals surface area contributed by atoms with Crippen LogP contribution in [0.1, 0.15) is 11.4 Å². The maximum Gasteiger partial charge on any atom is 0.323 e. The van der Waals surface area contributed by atoms with Crippen LogP contribution < -0.4 is 15.5 Å². The van der Waals surface area contributed by atoms with E-state index in [0.29, 0.717) is 33.7 Å². The molecule has 0 atom stereocenters. The summed E-state index contributed by atoms with van der Waals surface area (Å²) in [5.74, 6) is 0.610. The number of urea groups is 1. The summed E-state index contributed by atoms with van der Waals surface area (Å²) in [5.41, 5.74) is 2.69. The van der Waals surface area contributed by atoms with Crippen LogP contribution in [-0.4, -0.2) is 30.1 Å². The minimum atomic E-state index is -0.352. The van der Waals surface area contributed by atoms with E-state index in [1.807, 2.05) is 32.8 Å². The SMILES string of the molecule is Cc1nc(N(C)C)nc(C)c1NC(=O)Nc1ccc(Cl)cc1. The lowest BCUT2D eigenvalue weighted by Crippen LogP contribution is -2.22. The summed E-state index contributed by atoms with van der Waals surface area (Å²) in [6, 6.07) is 6.53. The third-order valence-electron chi connectivity index (χ3n) is 3.00. The number of hydrogen-bond donors (Lipinski definition) is 2. The predicted molar refractivity (Wildman–Crippen MR) is 89.9 cm³/mol. The quantitative estimate of drug-likeness (QED) is 0.909. The van der Waals surface area contributed by atoms with Crippen LogP contribution in [0.2, 0.25) is 5.02 Å². The number of benzene rings is 1. The Kier molecular flexibility index (Phi) is 4.82. The fourth-order valence-corrected chi connectivity index (χ4v) is 2.01. The summed E-state index contributed by atoms with van der Waals surface area (Å²) in [7, 11) is 3.74. The maximum atomic E-state index is 12.1. The average molecular weight is 320 g/mol. The number of hydrogen-bond acceptors (Lipinski definition) is 4. The number of carbonyl (C=O) groups is 1. The second kappa shape index (κ2) is 6.62. The van der Waals surface area contributed by atoms with Crippen LogP contribution in [-0.2, 0) is 0 Å². The zero-order chi connectivity index (χ0) is 16.3. The van der Waals surface area contributed by atoms with Crippen LogP contribution >= 0.6 is 11.6 Å². The van der Waals surface area contributed by atoms with E-state index >= 15 is 0 Å². The van der Waals surface area contributed by atoms with Crippen LogP contribution in [0.4, 0.5) is 22.1 Å². The smallest absolute Gasteiger partial charge is 0.323 e. The maximum absolute atomic E-state index is 12.1. The number of aromatic nitrogens is 2. The number of aryl methyl sites for hydroxylation is 2. The topological polar surface area (TPSA) is 70.2 Å². The molecule has 0 spiro atoms. The molecular weight excluding hydrogens is 302 g/mol. The molecule has 0 aliphatic carbocycles. The molecule has 2 aromatic rings. The Morgan fingerprint density at radius 2 is 1.59 bits per heavy atom. The van der Waals surface area contributed by atoms with Crippen molar-refractivity contribution in [1.29, 1.82) is 0 Å². The summed E-state index contributed by atoms with van der Waals surface area (Å²) >= 11 is 5.81. The minimum absolute atomic E-state index is 0.352. The second-order valence-corrected chi connectivity index (χ2v) is 5.49. The van der Waals surface area contributed by atoms with Gasteiger partial charge in [0.25, 0.3) is 0 Å². The van der Waals surface area contributed by atoms with Gasteiger partial charge in [-0.1, -0.05) is 11.6 Å². The van der Waals surface area contributed by atoms with Gasteiger partial charge in [-0.05, 0) is 38.1 Å². The molecule has 0 aliphatic heterocycles. The molecule has 0 saturated heterocycles. The van der Waals surface area contributed by atoms with Gasteiger partial charge in [0.1, 0.15) is 0 Å². The van der Waals surface area contributed by atoms with Crippen LogP contribution in [0.3, 0.4) is 0 Å². The number of anilines is 3. The molecule has 116 valence electrons. The van der Waals surface area contributed by atoms with Gasteiger partial charge in [0.2, 0.25) is 5.95 Å². The Balaban J connectivity index is 2.13. The normalized spacial score (nSPS) is 10.2. The van der Waals surface area contributed by atoms with Crippen LogP contribution in [0.5, 0.6) is 0 Å². The van der Waals surface area contributed by atoms with Gasteiger partial charge in [-0.3, -0.25) is 0 Å². The van der Waals surface area contributed by atoms with Gasteiger partial charge in [-0.2, -0.15) is 0 Å². The minimum Gasteiger partial charge on any atom is -0.347 e. The molecule has 1 heterocycles. The van der Waals surface area contributed by atoms with Crippen LogP contribution in [0, 0.1) is 13.8 Å². The monoisotopic (exact) mass is 319 g/mol. The highest BCUT2D eigenvalue weighted by atomic mass is 35.5. The third-order valence-corrected chi connectivity index (χ3v) is 3.25. The van der Waals surface area contributed by atoms with E-state index in [1.54, 1.807) is 24.3 Å². The first kappa shape index (κ1) is 16.0. The highest BCUT2D eigenvalue weighted by Gasteiger charge is 2.12. The van der Waals surface area contributed by atoms with E-state index in [1.165, 1.54) is 0 Å². The molecule has 6 nitrogen and oxygen atoms in total. The number of nitrogens with one attached hydrogen (secondary N) is 2. The van der Waals surface area contributed by atoms with Crippen molar-refractivity contribution in [2.24, 2.45) is 0 Å². The fourth-order valence-electron chi connectivity index (χ4n) is 1.89. The average Bonchev–Trinajstić information content (AvgIpc) is 2.45. The largest absolute Gasteiger partial charge is 0.347 e. The molecule has 0 unspecified atom stereocenters. The number of amides is 2. The molecule has 1 aromatic heterocycles. The molecule has 2 N–H and O–H groups in total. The first-order chi connectivity index (χ1) is 10.4. The molecule has 0 fully saturated rings. The molecule has 7 heteroatoms. The molecule has 0 aliphatic rings. The van der Waals surface area contributed by atoms with Gasteiger partial charge in [0, 0.05) is 24.8 Å². The highest BCUT2D eigenvalue weighted by molar-refractivity contribution is 6.30. The molecule has 22 heavy (non-hydrogen) atoms. The lowest BCUT2D eigenvalue weighted by molar-refractivity contribution is 0.262. The first-order valence-electron chi connectivity index (χ1n) is 6.73. The predicted octanol–water partition coefficient (Wildman–Crippen LogP) is 3.46. The Morgan fingerprint density at radius 1 is 1.05 bits per heavy atom. The Bertz CT molecular complexity index is 662. The van der Waals surface area contributed by atoms with E-state index in [2.05, 4.69) is 20.6 Å². The molecule has 0 bridgehead atoms. The zero-order valence-corrected chi connectivity index (χ0v) is 13.7. The van der Waals surface area contributed by atoms with Crippen molar-refractivity contribution >= 4 is 35.0 Å². The lowest BCUT2D eigenvalue weighted by Gasteiger charge is -2.16. The third kappa shape index (κ3) is 3.85. The van der Waals surface area contributed by atoms with Crippen molar-refractivity contribution in [1.82, 2.24) is 9.97 Å². The van der Waals surface area contributed by atoms with Crippen molar-refractivity contribution in [3.8, 4) is 0 Å². The molecular formula is C15H18ClN5O. The van der Waals surface area contributed by atoms with E-state index in [4.69, 9.17) is 11.6 Å². The van der Waals surface area contributed by atoms with E-state index in [0.717, 1.165) is 0 Å². The Labute approximate surface area is 134 Å². The van der Waals surface area contributed by atoms with Gasteiger partial charge in [-0.15, -0.1) is 0 Å². The van der Waals surface area contributed by atoms with Gasteiger partial charge < -0.3 is 15.5 Å². The van der Waals surface area contributed by atoms with Crippen molar-refractivity contribution < 1.29 is 4.79 Å². The Morgan fingerprint density at radius 3 is 2.09 bits per heavy atom. The summed E-state index contributed by atoms with van der Waals surface area (Å²) in [6.45, 7) is 3.67. The Hall–Kier alpha value is -2.34. The summed E-state index contributed by atoms with van der Waals surface area (Å²) in [5, 5.41) is 6.13. The first-order valence-corrected chi connectivity index (χ1v) is 7.10. The molecule has 1 aromatic carbocycles. The number of carbonyl (C=O) groups excluding carboxylic acids is 1. The lowest BCUT2D eigenvalue weighted by atomic mass is 10.3. The van der Waals surface area contributed by atoms with E-state index in [-0.39, 0.29) is 6.03 Å². The number of nitrogens with zero attached hydrogens (tertiary/aromatic N) is 3. The van der Waals surface area contributed by atoms with Crippen molar-refractivity contribution in [3.63, 3.8) is 0 Å². The van der Waals surface area contributed by atoms with Gasteiger partial charge in [0.05, 0.1) is 17.1 Å². The molecule has 0 radical (unpaired) electrons. The van der Waals surface area contributed by atoms with Gasteiger partial charge in [0.15, 0.2) is 0 Å². The van der Waals surface area contributed by atoms with Gasteiger partial charge >= 0.3 is 6.03 Å². The highest BCUT2D eigenvalue weighted by Crippen LogP contribution is 2.20. The zero-order valence-electron chi connectivity index (χ0n) is 12.9. The second-order valence-electron chi connectivity index (χ2n) is 5.05. The molecule has 0 saturated carbocycles. The van der Waals surface area contributed by atoms with E-state index < -0.39 is 0 Å². The van der Waals surface area contributed by atoms with Crippen LogP contribution in [0.15, 0.2) is 24.3 Å². The fraction of sp³-hybridized carbons (Fsp3) is 0.267. The standard InChI is InChI=1S/C15H18ClN5O/c1-9-13(10(2)18-14(17-9)21(3)4)20-15(22)19-12-7-5-11(16)6-8-12/h5-8H,1-4H3,(H2,19,20,22). The molecule has 2 rings (SSSR count). The van der Waals surface area contributed by atoms with E-state index in [9.17, 15) is 4.79 Å². The summed E-state index contributed by atoms with van der Waals surface area (Å²) < 4.78 is 0.